The molecule has 10 heteroatoms. The molecule has 0 aliphatic carbocycles. The highest BCUT2D eigenvalue weighted by Gasteiger charge is 2.27. The van der Waals surface area contributed by atoms with Gasteiger partial charge < -0.3 is 10.1 Å². The van der Waals surface area contributed by atoms with E-state index in [1.165, 1.54) is 42.5 Å². The Labute approximate surface area is 198 Å². The number of carbonyl (C=O) groups excluding carboxylic acids is 1. The number of carbonyl (C=O) groups is 1. The number of rotatable bonds is 10. The average molecular weight is 484 g/mol. The van der Waals surface area contributed by atoms with Crippen molar-refractivity contribution in [1.82, 2.24) is 4.72 Å². The van der Waals surface area contributed by atoms with Crippen molar-refractivity contribution >= 4 is 27.3 Å². The monoisotopic (exact) mass is 483 g/mol. The number of hydrogen-bond acceptors (Lipinski definition) is 6. The molecular weight excluding hydrogens is 458 g/mol. The fraction of sp³-hybridized carbons (Fsp3) is 0.208. The summed E-state index contributed by atoms with van der Waals surface area (Å²) in [5.41, 5.74) is 1.40. The van der Waals surface area contributed by atoms with Crippen LogP contribution in [0.5, 0.6) is 5.75 Å². The van der Waals surface area contributed by atoms with E-state index in [4.69, 9.17) is 4.74 Å². The van der Waals surface area contributed by atoms with Gasteiger partial charge in [-0.3, -0.25) is 14.9 Å². The van der Waals surface area contributed by atoms with E-state index in [2.05, 4.69) is 10.0 Å². The molecule has 0 saturated carbocycles. The number of nitrogens with one attached hydrogen (secondary N) is 2. The van der Waals surface area contributed by atoms with Gasteiger partial charge in [-0.05, 0) is 55.7 Å². The molecule has 3 aromatic rings. The molecule has 0 aromatic heterocycles. The fourth-order valence-corrected chi connectivity index (χ4v) is 4.45. The Morgan fingerprint density at radius 3 is 2.35 bits per heavy atom. The average Bonchev–Trinajstić information content (AvgIpc) is 2.81. The standard InChI is InChI=1S/C24H25N3O6S/c1-3-33-20-11-13-21(14-12-20)34(31,32)26-23(15-18-7-5-4-6-8-18)24(28)25-22-16-19(27(29)30)10-9-17(22)2/h4-14,16,23,26H,3,15H2,1-2H3,(H,25,28)/t23-/m1/s1. The first-order valence-electron chi connectivity index (χ1n) is 10.5. The lowest BCUT2D eigenvalue weighted by molar-refractivity contribution is -0.384. The van der Waals surface area contributed by atoms with Crippen LogP contribution in [-0.2, 0) is 21.2 Å². The van der Waals surface area contributed by atoms with Crippen LogP contribution in [0, 0.1) is 17.0 Å². The highest BCUT2D eigenvalue weighted by molar-refractivity contribution is 7.89. The van der Waals surface area contributed by atoms with Crippen LogP contribution < -0.4 is 14.8 Å². The largest absolute Gasteiger partial charge is 0.494 e. The molecule has 2 N–H and O–H groups in total. The molecule has 0 heterocycles. The van der Waals surface area contributed by atoms with Crippen LogP contribution in [0.4, 0.5) is 11.4 Å². The molecule has 0 unspecified atom stereocenters. The number of non-ortho nitro benzene ring substituents is 1. The van der Waals surface area contributed by atoms with Crippen LogP contribution in [0.25, 0.3) is 0 Å². The van der Waals surface area contributed by atoms with Gasteiger partial charge >= 0.3 is 0 Å². The molecule has 3 rings (SSSR count). The van der Waals surface area contributed by atoms with E-state index in [1.807, 2.05) is 13.0 Å². The minimum absolute atomic E-state index is 0.0201. The van der Waals surface area contributed by atoms with Crippen LogP contribution in [-0.4, -0.2) is 31.9 Å². The van der Waals surface area contributed by atoms with Gasteiger partial charge in [0.1, 0.15) is 11.8 Å². The van der Waals surface area contributed by atoms with E-state index < -0.39 is 26.9 Å². The Morgan fingerprint density at radius 2 is 1.74 bits per heavy atom. The summed E-state index contributed by atoms with van der Waals surface area (Å²) in [4.78, 5) is 23.7. The number of ether oxygens (including phenoxy) is 1. The van der Waals surface area contributed by atoms with Crippen LogP contribution in [0.1, 0.15) is 18.1 Å². The first-order chi connectivity index (χ1) is 16.2. The van der Waals surface area contributed by atoms with Gasteiger partial charge in [0.2, 0.25) is 15.9 Å². The van der Waals surface area contributed by atoms with Crippen molar-refractivity contribution in [1.29, 1.82) is 0 Å². The van der Waals surface area contributed by atoms with Gasteiger partial charge in [0.05, 0.1) is 22.1 Å². The number of nitro benzene ring substituents is 1. The Bertz CT molecular complexity index is 1260. The van der Waals surface area contributed by atoms with E-state index in [1.54, 1.807) is 31.2 Å². The molecule has 34 heavy (non-hydrogen) atoms. The van der Waals surface area contributed by atoms with Gasteiger partial charge in [0.25, 0.3) is 5.69 Å². The normalized spacial score (nSPS) is 12.1. The highest BCUT2D eigenvalue weighted by Crippen LogP contribution is 2.23. The zero-order valence-electron chi connectivity index (χ0n) is 18.7. The maximum Gasteiger partial charge on any atom is 0.271 e. The molecule has 0 fully saturated rings. The Balaban J connectivity index is 1.88. The van der Waals surface area contributed by atoms with E-state index in [-0.39, 0.29) is 22.7 Å². The second-order valence-electron chi connectivity index (χ2n) is 7.51. The lowest BCUT2D eigenvalue weighted by Gasteiger charge is -2.19. The number of anilines is 1. The van der Waals surface area contributed by atoms with Gasteiger partial charge in [-0.25, -0.2) is 8.42 Å². The molecule has 0 radical (unpaired) electrons. The van der Waals surface area contributed by atoms with Crippen molar-refractivity contribution in [3.05, 3.63) is 94.0 Å². The Hall–Kier alpha value is -3.76. The maximum atomic E-state index is 13.2. The predicted octanol–water partition coefficient (Wildman–Crippen LogP) is 3.83. The van der Waals surface area contributed by atoms with E-state index in [0.717, 1.165) is 5.56 Å². The minimum Gasteiger partial charge on any atom is -0.494 e. The molecule has 9 nitrogen and oxygen atoms in total. The van der Waals surface area contributed by atoms with Crippen molar-refractivity contribution in [2.75, 3.05) is 11.9 Å². The van der Waals surface area contributed by atoms with Gasteiger partial charge in [0.15, 0.2) is 0 Å². The number of nitro groups is 1. The van der Waals surface area contributed by atoms with Crippen molar-refractivity contribution < 1.29 is 22.9 Å². The van der Waals surface area contributed by atoms with Crippen molar-refractivity contribution in [3.63, 3.8) is 0 Å². The number of aryl methyl sites for hydroxylation is 1. The van der Waals surface area contributed by atoms with Crippen molar-refractivity contribution in [2.45, 2.75) is 31.2 Å². The summed E-state index contributed by atoms with van der Waals surface area (Å²) in [7, 11) is -4.05. The predicted molar refractivity (Wildman–Crippen MR) is 128 cm³/mol. The molecule has 0 aliphatic heterocycles. The molecule has 3 aromatic carbocycles. The van der Waals surface area contributed by atoms with Gasteiger partial charge in [-0.2, -0.15) is 4.72 Å². The molecular formula is C24H25N3O6S. The van der Waals surface area contributed by atoms with E-state index >= 15 is 0 Å². The molecule has 0 aliphatic rings. The number of sulfonamides is 1. The molecule has 1 atom stereocenters. The number of nitrogens with zero attached hydrogens (tertiary/aromatic N) is 1. The third kappa shape index (κ3) is 6.40. The summed E-state index contributed by atoms with van der Waals surface area (Å²) >= 11 is 0. The summed E-state index contributed by atoms with van der Waals surface area (Å²) in [6.07, 6.45) is 0.0803. The zero-order valence-corrected chi connectivity index (χ0v) is 19.5. The molecule has 1 amide bonds. The first kappa shape index (κ1) is 24.9. The zero-order chi connectivity index (χ0) is 24.7. The molecule has 0 spiro atoms. The molecule has 0 bridgehead atoms. The van der Waals surface area contributed by atoms with Gasteiger partial charge in [0, 0.05) is 12.1 Å². The van der Waals surface area contributed by atoms with Crippen LogP contribution >= 0.6 is 0 Å². The molecule has 0 saturated heterocycles. The summed E-state index contributed by atoms with van der Waals surface area (Å²) in [6, 6.07) is 17.8. The third-order valence-corrected chi connectivity index (χ3v) is 6.52. The van der Waals surface area contributed by atoms with Crippen LogP contribution in [0.15, 0.2) is 77.7 Å². The van der Waals surface area contributed by atoms with Crippen LogP contribution in [0.2, 0.25) is 0 Å². The van der Waals surface area contributed by atoms with Crippen molar-refractivity contribution in [2.24, 2.45) is 0 Å². The quantitative estimate of drug-likeness (QED) is 0.333. The van der Waals surface area contributed by atoms with E-state index in [0.29, 0.717) is 17.9 Å². The third-order valence-electron chi connectivity index (χ3n) is 5.03. The molecule has 178 valence electrons. The first-order valence-corrected chi connectivity index (χ1v) is 12.0. The van der Waals surface area contributed by atoms with Crippen LogP contribution in [0.3, 0.4) is 0 Å². The topological polar surface area (TPSA) is 128 Å². The summed E-state index contributed by atoms with van der Waals surface area (Å²) < 4.78 is 33.9. The second kappa shape index (κ2) is 10.9. The number of hydrogen-bond donors (Lipinski definition) is 2. The number of benzene rings is 3. The summed E-state index contributed by atoms with van der Waals surface area (Å²) in [6.45, 7) is 3.96. The van der Waals surface area contributed by atoms with Gasteiger partial charge in [-0.1, -0.05) is 36.4 Å². The lowest BCUT2D eigenvalue weighted by Crippen LogP contribution is -2.45. The fourth-order valence-electron chi connectivity index (χ4n) is 3.25. The SMILES string of the molecule is CCOc1ccc(S(=O)(=O)N[C@H](Cc2ccccc2)C(=O)Nc2cc([N+](=O)[O-])ccc2C)cc1. The maximum absolute atomic E-state index is 13.2. The number of amides is 1. The highest BCUT2D eigenvalue weighted by atomic mass is 32.2. The van der Waals surface area contributed by atoms with Gasteiger partial charge in [-0.15, -0.1) is 0 Å². The Kier molecular flexibility index (Phi) is 7.98. The minimum atomic E-state index is -4.05. The smallest absolute Gasteiger partial charge is 0.271 e. The van der Waals surface area contributed by atoms with E-state index in [9.17, 15) is 23.3 Å². The summed E-state index contributed by atoms with van der Waals surface area (Å²) in [5.74, 6) is -0.108. The second-order valence-corrected chi connectivity index (χ2v) is 9.23. The van der Waals surface area contributed by atoms with Crippen molar-refractivity contribution in [3.8, 4) is 5.75 Å². The lowest BCUT2D eigenvalue weighted by atomic mass is 10.1. The Morgan fingerprint density at radius 1 is 1.06 bits per heavy atom. The summed E-state index contributed by atoms with van der Waals surface area (Å²) in [5, 5.41) is 13.8.